The molecule has 3 heteroatoms. The van der Waals surface area contributed by atoms with Crippen LogP contribution in [-0.2, 0) is 0 Å². The van der Waals surface area contributed by atoms with Crippen LogP contribution >= 0.6 is 0 Å². The highest BCUT2D eigenvalue weighted by Crippen LogP contribution is 2.20. The molecule has 0 unspecified atom stereocenters. The third-order valence-corrected chi connectivity index (χ3v) is 5.23. The van der Waals surface area contributed by atoms with E-state index < -0.39 is 0 Å². The smallest absolute Gasteiger partial charge is 0.189 e. The number of hydrogen-bond acceptors (Lipinski definition) is 3. The molecular weight excluding hydrogens is 346 g/mol. The van der Waals surface area contributed by atoms with Gasteiger partial charge < -0.3 is 9.64 Å². The van der Waals surface area contributed by atoms with Crippen LogP contribution in [0.5, 0.6) is 5.75 Å². The maximum Gasteiger partial charge on any atom is 0.189 e. The van der Waals surface area contributed by atoms with Gasteiger partial charge in [-0.1, -0.05) is 50.8 Å². The van der Waals surface area contributed by atoms with Crippen LogP contribution in [0.3, 0.4) is 0 Å². The molecule has 28 heavy (non-hydrogen) atoms. The molecule has 0 amide bonds. The zero-order valence-electron chi connectivity index (χ0n) is 17.8. The van der Waals surface area contributed by atoms with E-state index in [0.717, 1.165) is 42.8 Å². The fraction of sp³-hybridized carbons (Fsp3) is 0.560. The van der Waals surface area contributed by atoms with Gasteiger partial charge in [0, 0.05) is 11.1 Å². The molecule has 0 fully saturated rings. The minimum Gasteiger partial charge on any atom is -0.494 e. The topological polar surface area (TPSA) is 29.5 Å². The Bertz CT molecular complexity index is 630. The fourth-order valence-corrected chi connectivity index (χ4v) is 3.55. The Kier molecular flexibility index (Phi) is 10.7. The van der Waals surface area contributed by atoms with Gasteiger partial charge in [0.1, 0.15) is 5.75 Å². The first kappa shape index (κ1) is 22.4. The summed E-state index contributed by atoms with van der Waals surface area (Å²) >= 11 is 0. The van der Waals surface area contributed by atoms with Crippen LogP contribution in [0.1, 0.15) is 75.1 Å². The number of nitrogens with zero attached hydrogens (tertiary/aromatic N) is 1. The molecule has 0 bridgehead atoms. The van der Waals surface area contributed by atoms with Gasteiger partial charge >= 0.3 is 0 Å². The summed E-state index contributed by atoms with van der Waals surface area (Å²) in [6.45, 7) is 5.42. The number of benzene rings is 1. The lowest BCUT2D eigenvalue weighted by atomic mass is 9.96. The van der Waals surface area contributed by atoms with E-state index in [9.17, 15) is 4.79 Å². The predicted molar refractivity (Wildman–Crippen MR) is 118 cm³/mol. The minimum absolute atomic E-state index is 0.136. The van der Waals surface area contributed by atoms with E-state index in [2.05, 4.69) is 24.9 Å². The summed E-state index contributed by atoms with van der Waals surface area (Å²) in [6.07, 6.45) is 16.6. The van der Waals surface area contributed by atoms with Crippen LogP contribution in [0.4, 0.5) is 0 Å². The van der Waals surface area contributed by atoms with Gasteiger partial charge in [0.2, 0.25) is 0 Å². The Hall–Kier alpha value is -1.87. The second-order valence-electron chi connectivity index (χ2n) is 7.79. The van der Waals surface area contributed by atoms with E-state index in [1.807, 2.05) is 36.4 Å². The molecule has 0 saturated heterocycles. The molecule has 0 N–H and O–H groups in total. The van der Waals surface area contributed by atoms with Gasteiger partial charge in [-0.2, -0.15) is 0 Å². The number of ether oxygens (including phenoxy) is 1. The first-order valence-corrected chi connectivity index (χ1v) is 11.0. The van der Waals surface area contributed by atoms with Crippen LogP contribution in [-0.4, -0.2) is 37.4 Å². The van der Waals surface area contributed by atoms with Gasteiger partial charge in [0.15, 0.2) is 5.78 Å². The molecule has 0 aliphatic heterocycles. The number of unbranched alkanes of at least 4 members (excludes halogenated alkanes) is 5. The van der Waals surface area contributed by atoms with Crippen LogP contribution in [0.25, 0.3) is 0 Å². The van der Waals surface area contributed by atoms with Crippen molar-refractivity contribution in [1.29, 1.82) is 0 Å². The second-order valence-corrected chi connectivity index (χ2v) is 7.79. The summed E-state index contributed by atoms with van der Waals surface area (Å²) in [6, 6.07) is 7.59. The van der Waals surface area contributed by atoms with Crippen molar-refractivity contribution >= 4 is 5.78 Å². The van der Waals surface area contributed by atoms with E-state index >= 15 is 0 Å². The van der Waals surface area contributed by atoms with Crippen molar-refractivity contribution in [2.75, 3.05) is 26.7 Å². The number of rotatable bonds is 14. The predicted octanol–water partition coefficient (Wildman–Crippen LogP) is 6.21. The van der Waals surface area contributed by atoms with Gasteiger partial charge in [-0.15, -0.1) is 0 Å². The Balaban J connectivity index is 1.54. The summed E-state index contributed by atoms with van der Waals surface area (Å²) in [4.78, 5) is 14.9. The lowest BCUT2D eigenvalue weighted by Crippen LogP contribution is -2.20. The SMILES string of the molecule is CCCN(C)CCCCCCCCOc1ccc(C(=O)C2=CC=CCC2)cc1. The normalized spacial score (nSPS) is 13.6. The molecule has 1 aliphatic carbocycles. The Morgan fingerprint density at radius 1 is 1.00 bits per heavy atom. The highest BCUT2D eigenvalue weighted by atomic mass is 16.5. The molecule has 3 nitrogen and oxygen atoms in total. The van der Waals surface area contributed by atoms with Crippen molar-refractivity contribution in [3.63, 3.8) is 0 Å². The van der Waals surface area contributed by atoms with Crippen molar-refractivity contribution < 1.29 is 9.53 Å². The number of Topliss-reactive ketones (excluding diaryl/α,β-unsaturated/α-hetero) is 1. The highest BCUT2D eigenvalue weighted by Gasteiger charge is 2.12. The van der Waals surface area contributed by atoms with Crippen LogP contribution < -0.4 is 4.74 Å². The lowest BCUT2D eigenvalue weighted by Gasteiger charge is -2.14. The fourth-order valence-electron chi connectivity index (χ4n) is 3.55. The quantitative estimate of drug-likeness (QED) is 0.283. The maximum atomic E-state index is 12.4. The summed E-state index contributed by atoms with van der Waals surface area (Å²) in [7, 11) is 2.22. The number of carbonyl (C=O) groups is 1. The van der Waals surface area contributed by atoms with E-state index in [-0.39, 0.29) is 5.78 Å². The first-order valence-electron chi connectivity index (χ1n) is 11.0. The molecule has 1 aromatic carbocycles. The van der Waals surface area contributed by atoms with Gasteiger partial charge in [-0.3, -0.25) is 4.79 Å². The van der Waals surface area contributed by atoms with Crippen LogP contribution in [0.15, 0.2) is 48.1 Å². The Labute approximate surface area is 171 Å². The molecule has 0 saturated carbocycles. The first-order chi connectivity index (χ1) is 13.7. The second kappa shape index (κ2) is 13.3. The summed E-state index contributed by atoms with van der Waals surface area (Å²) in [5.41, 5.74) is 1.65. The number of allylic oxidation sites excluding steroid dienone is 4. The minimum atomic E-state index is 0.136. The zero-order valence-corrected chi connectivity index (χ0v) is 17.8. The third-order valence-electron chi connectivity index (χ3n) is 5.23. The Morgan fingerprint density at radius 2 is 1.71 bits per heavy atom. The van der Waals surface area contributed by atoms with E-state index in [1.165, 1.54) is 51.6 Å². The molecule has 154 valence electrons. The van der Waals surface area contributed by atoms with E-state index in [4.69, 9.17) is 4.74 Å². The summed E-state index contributed by atoms with van der Waals surface area (Å²) < 4.78 is 5.83. The number of ketones is 1. The molecule has 0 radical (unpaired) electrons. The van der Waals surface area contributed by atoms with Crippen molar-refractivity contribution in [2.45, 2.75) is 64.7 Å². The molecule has 0 atom stereocenters. The summed E-state index contributed by atoms with van der Waals surface area (Å²) in [5.74, 6) is 0.991. The molecule has 0 spiro atoms. The van der Waals surface area contributed by atoms with Gasteiger partial charge in [-0.05, 0) is 76.5 Å². The molecule has 1 aliphatic rings. The average Bonchev–Trinajstić information content (AvgIpc) is 2.73. The highest BCUT2D eigenvalue weighted by molar-refractivity contribution is 6.09. The third kappa shape index (κ3) is 8.43. The maximum absolute atomic E-state index is 12.4. The molecular formula is C25H37NO2. The number of hydrogen-bond donors (Lipinski definition) is 0. The molecule has 2 rings (SSSR count). The van der Waals surface area contributed by atoms with Crippen LogP contribution in [0.2, 0.25) is 0 Å². The Morgan fingerprint density at radius 3 is 2.39 bits per heavy atom. The van der Waals surface area contributed by atoms with Crippen LogP contribution in [0, 0.1) is 0 Å². The van der Waals surface area contributed by atoms with Gasteiger partial charge in [0.25, 0.3) is 0 Å². The molecule has 1 aromatic rings. The molecule has 0 aromatic heterocycles. The van der Waals surface area contributed by atoms with E-state index in [1.54, 1.807) is 0 Å². The van der Waals surface area contributed by atoms with Crippen molar-refractivity contribution in [3.05, 3.63) is 53.6 Å². The van der Waals surface area contributed by atoms with Gasteiger partial charge in [0.05, 0.1) is 6.61 Å². The summed E-state index contributed by atoms with van der Waals surface area (Å²) in [5, 5.41) is 0. The largest absolute Gasteiger partial charge is 0.494 e. The standard InChI is InChI=1S/C25H37NO2/c1-3-19-26(2)20-11-6-4-5-7-12-21-28-24-17-15-23(16-18-24)25(27)22-13-9-8-10-14-22/h8-9,13,15-18H,3-7,10-12,14,19-21H2,1-2H3. The van der Waals surface area contributed by atoms with Crippen molar-refractivity contribution in [2.24, 2.45) is 0 Å². The zero-order chi connectivity index (χ0) is 20.0. The monoisotopic (exact) mass is 383 g/mol. The van der Waals surface area contributed by atoms with E-state index in [0.29, 0.717) is 0 Å². The number of carbonyl (C=O) groups excluding carboxylic acids is 1. The van der Waals surface area contributed by atoms with Crippen molar-refractivity contribution in [3.8, 4) is 5.75 Å². The molecule has 0 heterocycles. The van der Waals surface area contributed by atoms with Crippen molar-refractivity contribution in [1.82, 2.24) is 4.90 Å². The average molecular weight is 384 g/mol. The van der Waals surface area contributed by atoms with Gasteiger partial charge in [-0.25, -0.2) is 0 Å². The lowest BCUT2D eigenvalue weighted by molar-refractivity contribution is 0.103.